The minimum absolute atomic E-state index is 0.0581. The summed E-state index contributed by atoms with van der Waals surface area (Å²) in [5.41, 5.74) is 5.18. The van der Waals surface area contributed by atoms with Crippen LogP contribution in [0.1, 0.15) is 10.4 Å². The van der Waals surface area contributed by atoms with E-state index in [0.29, 0.717) is 0 Å². The molecule has 0 saturated carbocycles. The number of aryl methyl sites for hydroxylation is 1. The number of rotatable bonds is 7. The van der Waals surface area contributed by atoms with Crippen molar-refractivity contribution in [2.24, 2.45) is 12.8 Å². The van der Waals surface area contributed by atoms with Crippen molar-refractivity contribution in [3.63, 3.8) is 0 Å². The van der Waals surface area contributed by atoms with E-state index in [0.717, 1.165) is 0 Å². The predicted molar refractivity (Wildman–Crippen MR) is 151 cm³/mol. The first-order chi connectivity index (χ1) is 19.9. The number of nitrogens with zero attached hydrogens (tertiary/aromatic N) is 5. The number of ether oxygens (including phenoxy) is 1. The molecule has 5 rings (SSSR count). The van der Waals surface area contributed by atoms with Gasteiger partial charge in [-0.05, 0) is 17.7 Å². The number of methoxy groups -OCH3 is 1. The van der Waals surface area contributed by atoms with Gasteiger partial charge in [-0.2, -0.15) is 4.39 Å². The highest BCUT2D eigenvalue weighted by atomic mass is 35.5. The molecule has 0 spiro atoms. The lowest BCUT2D eigenvalue weighted by atomic mass is 10.0. The number of carbonyl (C=O) groups is 2. The van der Waals surface area contributed by atoms with Crippen molar-refractivity contribution in [3.8, 4) is 16.9 Å². The van der Waals surface area contributed by atoms with Crippen molar-refractivity contribution in [1.82, 2.24) is 19.1 Å². The maximum atomic E-state index is 14.6. The van der Waals surface area contributed by atoms with Crippen molar-refractivity contribution in [2.45, 2.75) is 18.8 Å². The average molecular weight is 622 g/mol. The van der Waals surface area contributed by atoms with E-state index >= 15 is 0 Å². The number of benzene rings is 1. The number of hydrogen-bond acceptors (Lipinski definition) is 8. The van der Waals surface area contributed by atoms with E-state index in [1.165, 1.54) is 58.9 Å². The topological polar surface area (TPSA) is 158 Å². The number of carbonyl (C=O) groups excluding carboxylic acids is 2. The quantitative estimate of drug-likeness (QED) is 0.266. The number of alkyl halides is 1. The Labute approximate surface area is 246 Å². The van der Waals surface area contributed by atoms with Crippen LogP contribution in [-0.4, -0.2) is 68.5 Å². The summed E-state index contributed by atoms with van der Waals surface area (Å²) in [6.07, 6.45) is 0.683. The maximum Gasteiger partial charge on any atom is 0.263 e. The molecule has 0 unspecified atom stereocenters. The van der Waals surface area contributed by atoms with Crippen LogP contribution in [0.2, 0.25) is 10.0 Å². The lowest BCUT2D eigenvalue weighted by molar-refractivity contribution is -0.116. The van der Waals surface area contributed by atoms with Crippen molar-refractivity contribution < 1.29 is 28.2 Å². The molecule has 2 atom stereocenters. The van der Waals surface area contributed by atoms with Gasteiger partial charge in [0.25, 0.3) is 11.5 Å². The molecule has 16 heteroatoms. The van der Waals surface area contributed by atoms with E-state index in [4.69, 9.17) is 33.7 Å². The van der Waals surface area contributed by atoms with E-state index in [9.17, 15) is 28.3 Å². The molecule has 1 aliphatic rings. The summed E-state index contributed by atoms with van der Waals surface area (Å²) in [6, 6.07) is 3.93. The van der Waals surface area contributed by atoms with Gasteiger partial charge >= 0.3 is 0 Å². The minimum atomic E-state index is -1.31. The van der Waals surface area contributed by atoms with Crippen LogP contribution in [-0.2, 0) is 23.1 Å². The van der Waals surface area contributed by atoms with Gasteiger partial charge in [0.05, 0.1) is 34.5 Å². The lowest BCUT2D eigenvalue weighted by Crippen LogP contribution is -2.24. The molecule has 4 heterocycles. The predicted octanol–water partition coefficient (Wildman–Crippen LogP) is 2.86. The van der Waals surface area contributed by atoms with Gasteiger partial charge in [-0.25, -0.2) is 14.4 Å². The Kier molecular flexibility index (Phi) is 7.79. The molecular formula is C26H23Cl2F2N7O5. The van der Waals surface area contributed by atoms with Crippen LogP contribution >= 0.6 is 23.2 Å². The first kappa shape index (κ1) is 29.2. The number of pyridine rings is 1. The van der Waals surface area contributed by atoms with Crippen LogP contribution in [0.4, 0.5) is 20.3 Å². The Balaban J connectivity index is 1.50. The summed E-state index contributed by atoms with van der Waals surface area (Å²) in [4.78, 5) is 47.7. The Hall–Kier alpha value is -4.27. The Morgan fingerprint density at radius 2 is 2.00 bits per heavy atom. The fourth-order valence-corrected chi connectivity index (χ4v) is 5.14. The number of hydrogen-bond donors (Lipinski definition) is 3. The summed E-state index contributed by atoms with van der Waals surface area (Å²) in [5, 5.41) is 12.1. The van der Waals surface area contributed by atoms with E-state index in [1.807, 2.05) is 0 Å². The zero-order valence-electron chi connectivity index (χ0n) is 22.1. The number of primary amides is 1. The number of nitrogens with one attached hydrogen (secondary N) is 1. The van der Waals surface area contributed by atoms with Crippen LogP contribution in [0.25, 0.3) is 22.2 Å². The van der Waals surface area contributed by atoms with Crippen molar-refractivity contribution in [2.75, 3.05) is 30.4 Å². The molecule has 0 radical (unpaired) electrons. The second-order valence-electron chi connectivity index (χ2n) is 9.62. The summed E-state index contributed by atoms with van der Waals surface area (Å²) in [7, 11) is 2.86. The highest BCUT2D eigenvalue weighted by Crippen LogP contribution is 2.36. The third kappa shape index (κ3) is 5.24. The average Bonchev–Trinajstić information content (AvgIpc) is 3.50. The zero-order valence-corrected chi connectivity index (χ0v) is 23.6. The van der Waals surface area contributed by atoms with Crippen molar-refractivity contribution in [1.29, 1.82) is 0 Å². The van der Waals surface area contributed by atoms with E-state index < -0.39 is 52.9 Å². The van der Waals surface area contributed by atoms with Gasteiger partial charge in [-0.1, -0.05) is 23.2 Å². The van der Waals surface area contributed by atoms with E-state index in [1.54, 1.807) is 0 Å². The Morgan fingerprint density at radius 3 is 2.67 bits per heavy atom. The number of halogens is 4. The van der Waals surface area contributed by atoms with Crippen molar-refractivity contribution >= 4 is 57.6 Å². The molecule has 4 aromatic rings. The van der Waals surface area contributed by atoms with Crippen LogP contribution in [0.15, 0.2) is 35.5 Å². The highest BCUT2D eigenvalue weighted by Gasteiger charge is 2.34. The fourth-order valence-electron chi connectivity index (χ4n) is 4.77. The van der Waals surface area contributed by atoms with E-state index in [-0.39, 0.29) is 57.3 Å². The molecule has 1 aromatic carbocycles. The smallest absolute Gasteiger partial charge is 0.263 e. The minimum Gasteiger partial charge on any atom is -0.506 e. The molecule has 1 saturated heterocycles. The molecule has 1 fully saturated rings. The number of aromatic nitrogens is 4. The number of fused-ring (bicyclic) bond motifs is 1. The first-order valence-electron chi connectivity index (χ1n) is 12.3. The Bertz CT molecular complexity index is 1810. The van der Waals surface area contributed by atoms with Gasteiger partial charge < -0.3 is 34.9 Å². The summed E-state index contributed by atoms with van der Waals surface area (Å²) < 4.78 is 36.5. The first-order valence-corrected chi connectivity index (χ1v) is 13.1. The second-order valence-corrected chi connectivity index (χ2v) is 10.4. The number of nitrogens with two attached hydrogens (primary N) is 1. The van der Waals surface area contributed by atoms with Gasteiger partial charge in [-0.15, -0.1) is 0 Å². The van der Waals surface area contributed by atoms with Crippen LogP contribution < -0.4 is 21.5 Å². The SMILES string of the molecule is CO[C@H]1CN(c2cc(NC(=O)Cn3cc(-c4cc(Cl)c(O)c(C(N)=O)c4)c4c(=O)n(C)cnc43)c(Cl)c(F)n2)C[C@H]1F. The highest BCUT2D eigenvalue weighted by molar-refractivity contribution is 6.34. The normalized spacial score (nSPS) is 16.8. The van der Waals surface area contributed by atoms with Gasteiger partial charge in [0.2, 0.25) is 11.9 Å². The molecular weight excluding hydrogens is 599 g/mol. The van der Waals surface area contributed by atoms with Crippen LogP contribution in [0.5, 0.6) is 5.75 Å². The zero-order chi connectivity index (χ0) is 30.5. The molecule has 4 N–H and O–H groups in total. The number of phenols is 1. The van der Waals surface area contributed by atoms with Gasteiger partial charge in [0.1, 0.15) is 41.1 Å². The Morgan fingerprint density at radius 1 is 1.26 bits per heavy atom. The second kappa shape index (κ2) is 11.2. The largest absolute Gasteiger partial charge is 0.506 e. The summed E-state index contributed by atoms with van der Waals surface area (Å²) in [5.74, 6) is -3.13. The molecule has 220 valence electrons. The van der Waals surface area contributed by atoms with Crippen molar-refractivity contribution in [3.05, 3.63) is 62.6 Å². The molecule has 12 nitrogen and oxygen atoms in total. The maximum absolute atomic E-state index is 14.6. The monoisotopic (exact) mass is 621 g/mol. The van der Waals surface area contributed by atoms with Crippen LogP contribution in [0, 0.1) is 5.95 Å². The molecule has 3 aromatic heterocycles. The molecule has 42 heavy (non-hydrogen) atoms. The molecule has 2 amide bonds. The van der Waals surface area contributed by atoms with E-state index in [2.05, 4.69) is 15.3 Å². The third-order valence-corrected chi connectivity index (χ3v) is 7.54. The molecule has 1 aliphatic heterocycles. The van der Waals surface area contributed by atoms with Gasteiger partial charge in [0.15, 0.2) is 0 Å². The fraction of sp³-hybridized carbons (Fsp3) is 0.269. The third-order valence-electron chi connectivity index (χ3n) is 6.89. The van der Waals surface area contributed by atoms with Gasteiger partial charge in [-0.3, -0.25) is 14.4 Å². The van der Waals surface area contributed by atoms with Crippen LogP contribution in [0.3, 0.4) is 0 Å². The number of anilines is 2. The number of amides is 2. The standard InChI is InChI=1S/C26H23Cl2F2N7O5/c1-35-10-32-25-20(26(35)41)13(11-3-12(24(31)40)22(39)14(27)4-11)6-37(25)9-19(38)33-16-5-18(34-23(30)21(16)28)36-7-15(29)17(8-36)42-2/h3-6,10,15,17,39H,7-9H2,1-2H3,(H2,31,40)(H,33,34,38)/t15-,17+/m1/s1. The number of aromatic hydroxyl groups is 1. The molecule has 0 aliphatic carbocycles. The lowest BCUT2D eigenvalue weighted by Gasteiger charge is -2.18. The van der Waals surface area contributed by atoms with Gasteiger partial charge in [0, 0.05) is 38.5 Å². The summed E-state index contributed by atoms with van der Waals surface area (Å²) >= 11 is 12.2. The summed E-state index contributed by atoms with van der Waals surface area (Å²) in [6.45, 7) is -0.364. The molecule has 0 bridgehead atoms.